The van der Waals surface area contributed by atoms with Crippen molar-refractivity contribution in [1.82, 2.24) is 4.98 Å². The second-order valence-corrected chi connectivity index (χ2v) is 4.01. The van der Waals surface area contributed by atoms with Crippen LogP contribution < -0.4 is 10.5 Å². The molecular formula is C12H12N2OS. The highest BCUT2D eigenvalue weighted by Gasteiger charge is 2.05. The van der Waals surface area contributed by atoms with E-state index in [1.54, 1.807) is 30.2 Å². The van der Waals surface area contributed by atoms with Crippen molar-refractivity contribution in [3.05, 3.63) is 42.7 Å². The lowest BCUT2D eigenvalue weighted by atomic mass is 10.3. The van der Waals surface area contributed by atoms with Gasteiger partial charge in [0, 0.05) is 17.2 Å². The van der Waals surface area contributed by atoms with Crippen LogP contribution in [0.3, 0.4) is 0 Å². The molecule has 0 aliphatic rings. The van der Waals surface area contributed by atoms with Crippen LogP contribution in [0.2, 0.25) is 0 Å². The number of thioether (sulfide) groups is 1. The van der Waals surface area contributed by atoms with E-state index < -0.39 is 0 Å². The predicted octanol–water partition coefficient (Wildman–Crippen LogP) is 3.18. The van der Waals surface area contributed by atoms with Crippen LogP contribution in [-0.4, -0.2) is 11.2 Å². The quantitative estimate of drug-likeness (QED) is 0.826. The smallest absolute Gasteiger partial charge is 0.153 e. The molecule has 1 aromatic carbocycles. The number of anilines is 1. The fraction of sp³-hybridized carbons (Fsp3) is 0.0833. The van der Waals surface area contributed by atoms with Gasteiger partial charge < -0.3 is 10.5 Å². The van der Waals surface area contributed by atoms with Gasteiger partial charge in [0.25, 0.3) is 0 Å². The van der Waals surface area contributed by atoms with E-state index in [4.69, 9.17) is 10.5 Å². The van der Waals surface area contributed by atoms with E-state index in [0.717, 1.165) is 10.6 Å². The summed E-state index contributed by atoms with van der Waals surface area (Å²) in [4.78, 5) is 5.00. The molecule has 2 rings (SSSR count). The molecule has 0 aliphatic heterocycles. The third kappa shape index (κ3) is 2.28. The van der Waals surface area contributed by atoms with Crippen LogP contribution in [0.4, 0.5) is 5.69 Å². The lowest BCUT2D eigenvalue weighted by Gasteiger charge is -2.10. The molecule has 0 radical (unpaired) electrons. The zero-order valence-electron chi connectivity index (χ0n) is 8.88. The minimum absolute atomic E-state index is 0.540. The number of aromatic nitrogens is 1. The van der Waals surface area contributed by atoms with Crippen LogP contribution in [0.5, 0.6) is 11.5 Å². The fourth-order valence-electron chi connectivity index (χ4n) is 1.31. The maximum atomic E-state index is 5.77. The number of benzene rings is 1. The van der Waals surface area contributed by atoms with Gasteiger partial charge in [-0.3, -0.25) is 4.98 Å². The van der Waals surface area contributed by atoms with Crippen molar-refractivity contribution in [3.63, 3.8) is 0 Å². The first-order valence-corrected chi connectivity index (χ1v) is 6.04. The van der Waals surface area contributed by atoms with E-state index in [2.05, 4.69) is 4.98 Å². The number of nitrogens with zero attached hydrogens (tertiary/aromatic N) is 1. The summed E-state index contributed by atoms with van der Waals surface area (Å²) in [6.07, 6.45) is 5.25. The molecule has 2 N–H and O–H groups in total. The molecule has 4 heteroatoms. The third-order valence-electron chi connectivity index (χ3n) is 2.10. The molecule has 0 unspecified atom stereocenters. The van der Waals surface area contributed by atoms with Gasteiger partial charge in [-0.15, -0.1) is 11.8 Å². The first-order chi connectivity index (χ1) is 7.81. The second-order valence-electron chi connectivity index (χ2n) is 3.17. The Kier molecular flexibility index (Phi) is 3.31. The average molecular weight is 232 g/mol. The number of nitrogens with two attached hydrogens (primary N) is 1. The summed E-state index contributed by atoms with van der Waals surface area (Å²) in [5.41, 5.74) is 6.31. The van der Waals surface area contributed by atoms with Crippen LogP contribution in [-0.2, 0) is 0 Å². The number of ether oxygens (including phenoxy) is 1. The molecule has 0 fully saturated rings. The van der Waals surface area contributed by atoms with Crippen molar-refractivity contribution >= 4 is 17.4 Å². The van der Waals surface area contributed by atoms with Crippen LogP contribution in [0.1, 0.15) is 0 Å². The Morgan fingerprint density at radius 1 is 1.19 bits per heavy atom. The predicted molar refractivity (Wildman–Crippen MR) is 66.9 cm³/mol. The zero-order chi connectivity index (χ0) is 11.4. The summed E-state index contributed by atoms with van der Waals surface area (Å²) >= 11 is 1.64. The molecule has 0 saturated carbocycles. The monoisotopic (exact) mass is 232 g/mol. The highest BCUT2D eigenvalue weighted by Crippen LogP contribution is 2.33. The van der Waals surface area contributed by atoms with E-state index >= 15 is 0 Å². The molecule has 1 aromatic heterocycles. The molecule has 0 atom stereocenters. The molecule has 82 valence electrons. The molecule has 16 heavy (non-hydrogen) atoms. The van der Waals surface area contributed by atoms with E-state index in [-0.39, 0.29) is 0 Å². The van der Waals surface area contributed by atoms with Gasteiger partial charge in [-0.2, -0.15) is 0 Å². The van der Waals surface area contributed by atoms with E-state index in [9.17, 15) is 0 Å². The van der Waals surface area contributed by atoms with Crippen molar-refractivity contribution in [1.29, 1.82) is 0 Å². The average Bonchev–Trinajstić information content (AvgIpc) is 2.33. The van der Waals surface area contributed by atoms with Gasteiger partial charge in [0.1, 0.15) is 5.75 Å². The van der Waals surface area contributed by atoms with E-state index in [0.29, 0.717) is 11.4 Å². The molecular weight excluding hydrogens is 220 g/mol. The Labute approximate surface area is 98.6 Å². The van der Waals surface area contributed by atoms with Gasteiger partial charge in [0.2, 0.25) is 0 Å². The molecule has 0 bridgehead atoms. The maximum absolute atomic E-state index is 5.77. The Balaban J connectivity index is 2.30. The number of para-hydroxylation sites is 1. The highest BCUT2D eigenvalue weighted by atomic mass is 32.2. The summed E-state index contributed by atoms with van der Waals surface area (Å²) in [6, 6.07) is 9.61. The maximum Gasteiger partial charge on any atom is 0.153 e. The standard InChI is InChI=1S/C12H12N2OS/c1-16-12-5-3-2-4-11(12)15-10-6-7-14-8-9(10)13/h2-8H,13H2,1H3. The number of pyridine rings is 1. The van der Waals surface area contributed by atoms with Gasteiger partial charge in [-0.1, -0.05) is 12.1 Å². The van der Waals surface area contributed by atoms with Crippen molar-refractivity contribution in [3.8, 4) is 11.5 Å². The third-order valence-corrected chi connectivity index (χ3v) is 2.88. The summed E-state index contributed by atoms with van der Waals surface area (Å²) < 4.78 is 5.75. The Morgan fingerprint density at radius 3 is 2.75 bits per heavy atom. The Morgan fingerprint density at radius 2 is 2.00 bits per heavy atom. The first-order valence-electron chi connectivity index (χ1n) is 4.81. The highest BCUT2D eigenvalue weighted by molar-refractivity contribution is 7.98. The molecule has 3 nitrogen and oxygen atoms in total. The number of hydrogen-bond donors (Lipinski definition) is 1. The molecule has 0 saturated heterocycles. The van der Waals surface area contributed by atoms with Crippen LogP contribution in [0.25, 0.3) is 0 Å². The lowest BCUT2D eigenvalue weighted by molar-refractivity contribution is 0.473. The SMILES string of the molecule is CSc1ccccc1Oc1ccncc1N. The molecule has 1 heterocycles. The minimum atomic E-state index is 0.540. The fourth-order valence-corrected chi connectivity index (χ4v) is 1.83. The van der Waals surface area contributed by atoms with Crippen molar-refractivity contribution in [2.75, 3.05) is 12.0 Å². The van der Waals surface area contributed by atoms with E-state index in [1.807, 2.05) is 30.5 Å². The lowest BCUT2D eigenvalue weighted by Crippen LogP contribution is -1.93. The van der Waals surface area contributed by atoms with Gasteiger partial charge in [0.15, 0.2) is 5.75 Å². The summed E-state index contributed by atoms with van der Waals surface area (Å²) in [5, 5.41) is 0. The minimum Gasteiger partial charge on any atom is -0.454 e. The molecule has 0 amide bonds. The Bertz CT molecular complexity index is 488. The largest absolute Gasteiger partial charge is 0.454 e. The molecule has 0 spiro atoms. The van der Waals surface area contributed by atoms with Gasteiger partial charge >= 0.3 is 0 Å². The summed E-state index contributed by atoms with van der Waals surface area (Å²) in [5.74, 6) is 1.45. The molecule has 0 aliphatic carbocycles. The topological polar surface area (TPSA) is 48.1 Å². The van der Waals surface area contributed by atoms with Crippen molar-refractivity contribution < 1.29 is 4.74 Å². The van der Waals surface area contributed by atoms with Crippen molar-refractivity contribution in [2.24, 2.45) is 0 Å². The number of rotatable bonds is 3. The Hall–Kier alpha value is -1.68. The summed E-state index contributed by atoms with van der Waals surface area (Å²) in [6.45, 7) is 0. The van der Waals surface area contributed by atoms with Crippen LogP contribution >= 0.6 is 11.8 Å². The van der Waals surface area contributed by atoms with Gasteiger partial charge in [0.05, 0.1) is 11.9 Å². The summed E-state index contributed by atoms with van der Waals surface area (Å²) in [7, 11) is 0. The number of nitrogen functional groups attached to an aromatic ring is 1. The molecule has 2 aromatic rings. The van der Waals surface area contributed by atoms with Gasteiger partial charge in [-0.25, -0.2) is 0 Å². The van der Waals surface area contributed by atoms with Gasteiger partial charge in [-0.05, 0) is 18.4 Å². The van der Waals surface area contributed by atoms with Crippen LogP contribution in [0.15, 0.2) is 47.6 Å². The zero-order valence-corrected chi connectivity index (χ0v) is 9.70. The second kappa shape index (κ2) is 4.90. The first kappa shape index (κ1) is 10.8. The number of hydrogen-bond acceptors (Lipinski definition) is 4. The van der Waals surface area contributed by atoms with Crippen LogP contribution in [0, 0.1) is 0 Å². The van der Waals surface area contributed by atoms with E-state index in [1.165, 1.54) is 0 Å². The van der Waals surface area contributed by atoms with Crippen molar-refractivity contribution in [2.45, 2.75) is 4.90 Å². The normalized spacial score (nSPS) is 10.1.